The first-order chi connectivity index (χ1) is 5.98. The summed E-state index contributed by atoms with van der Waals surface area (Å²) >= 11 is 0. The summed E-state index contributed by atoms with van der Waals surface area (Å²) in [5, 5.41) is 5.34. The minimum Gasteiger partial charge on any atom is -0.268 e. The zero-order chi connectivity index (χ0) is 9.64. The molecule has 0 aromatic carbocycles. The Kier molecular flexibility index (Phi) is 1.69. The number of nitrogens with zero attached hydrogens (tertiary/aromatic N) is 3. The Morgan fingerprint density at radius 3 is 2.85 bits per heavy atom. The van der Waals surface area contributed by atoms with Gasteiger partial charge >= 0.3 is 0 Å². The van der Waals surface area contributed by atoms with Gasteiger partial charge in [0.05, 0.1) is 24.7 Å². The highest BCUT2D eigenvalue weighted by Crippen LogP contribution is 2.20. The summed E-state index contributed by atoms with van der Waals surface area (Å²) < 4.78 is 23.4. The van der Waals surface area contributed by atoms with Crippen LogP contribution >= 0.6 is 0 Å². The smallest absolute Gasteiger partial charge is 0.251 e. The second-order valence-electron chi connectivity index (χ2n) is 3.13. The Morgan fingerprint density at radius 2 is 2.23 bits per heavy atom. The molecule has 1 aliphatic rings. The van der Waals surface area contributed by atoms with Crippen LogP contribution in [-0.2, 0) is 23.1 Å². The second kappa shape index (κ2) is 2.53. The van der Waals surface area contributed by atoms with Crippen molar-refractivity contribution in [2.45, 2.75) is 13.1 Å². The van der Waals surface area contributed by atoms with Crippen molar-refractivity contribution >= 4 is 10.0 Å². The fourth-order valence-corrected chi connectivity index (χ4v) is 2.23. The third kappa shape index (κ3) is 1.34. The van der Waals surface area contributed by atoms with Gasteiger partial charge in [0, 0.05) is 12.1 Å². The molecule has 72 valence electrons. The standard InChI is InChI=1S/C6H10N4O2S/c1-13(11,12)10-6-4-9(7)3-5(6)2-8-10/h2H,3-4,7H2,1H3. The zero-order valence-electron chi connectivity index (χ0n) is 7.14. The molecule has 0 saturated heterocycles. The first-order valence-electron chi connectivity index (χ1n) is 3.74. The summed E-state index contributed by atoms with van der Waals surface area (Å²) in [4.78, 5) is 0. The third-order valence-electron chi connectivity index (χ3n) is 1.96. The van der Waals surface area contributed by atoms with E-state index < -0.39 is 10.0 Å². The molecule has 2 heterocycles. The molecule has 0 saturated carbocycles. The van der Waals surface area contributed by atoms with Crippen LogP contribution in [0.2, 0.25) is 0 Å². The summed E-state index contributed by atoms with van der Waals surface area (Å²) in [7, 11) is -3.28. The maximum absolute atomic E-state index is 11.2. The molecule has 1 aliphatic heterocycles. The minimum atomic E-state index is -3.28. The minimum absolute atomic E-state index is 0.433. The lowest BCUT2D eigenvalue weighted by atomic mass is 10.3. The number of nitrogens with two attached hydrogens (primary N) is 1. The molecule has 0 fully saturated rings. The van der Waals surface area contributed by atoms with E-state index in [0.29, 0.717) is 18.8 Å². The van der Waals surface area contributed by atoms with E-state index in [0.717, 1.165) is 15.9 Å². The van der Waals surface area contributed by atoms with E-state index >= 15 is 0 Å². The van der Waals surface area contributed by atoms with Gasteiger partial charge in [0.15, 0.2) is 0 Å². The van der Waals surface area contributed by atoms with Gasteiger partial charge in [-0.1, -0.05) is 0 Å². The zero-order valence-corrected chi connectivity index (χ0v) is 7.95. The molecule has 0 amide bonds. The highest BCUT2D eigenvalue weighted by molar-refractivity contribution is 7.89. The average Bonchev–Trinajstić information content (AvgIpc) is 2.41. The molecule has 0 atom stereocenters. The Balaban J connectivity index is 2.54. The van der Waals surface area contributed by atoms with Gasteiger partial charge in [-0.3, -0.25) is 5.84 Å². The number of hydrazine groups is 1. The number of hydrogen-bond donors (Lipinski definition) is 1. The highest BCUT2D eigenvalue weighted by atomic mass is 32.2. The largest absolute Gasteiger partial charge is 0.268 e. The van der Waals surface area contributed by atoms with Crippen LogP contribution in [0.3, 0.4) is 0 Å². The predicted octanol–water partition coefficient (Wildman–Crippen LogP) is -1.12. The van der Waals surface area contributed by atoms with Crippen molar-refractivity contribution in [2.24, 2.45) is 5.84 Å². The number of rotatable bonds is 1. The van der Waals surface area contributed by atoms with Crippen molar-refractivity contribution in [2.75, 3.05) is 6.26 Å². The fourth-order valence-electron chi connectivity index (χ4n) is 1.44. The van der Waals surface area contributed by atoms with Crippen LogP contribution in [-0.4, -0.2) is 28.9 Å². The van der Waals surface area contributed by atoms with E-state index in [1.54, 1.807) is 11.2 Å². The van der Waals surface area contributed by atoms with Crippen LogP contribution in [0.4, 0.5) is 0 Å². The highest BCUT2D eigenvalue weighted by Gasteiger charge is 2.24. The molecule has 13 heavy (non-hydrogen) atoms. The summed E-state index contributed by atoms with van der Waals surface area (Å²) in [6, 6.07) is 0. The number of aromatic nitrogens is 2. The molecular weight excluding hydrogens is 192 g/mol. The molecule has 0 spiro atoms. The fraction of sp³-hybridized carbons (Fsp3) is 0.500. The van der Waals surface area contributed by atoms with Gasteiger partial charge in [0.25, 0.3) is 10.0 Å². The van der Waals surface area contributed by atoms with E-state index in [-0.39, 0.29) is 0 Å². The van der Waals surface area contributed by atoms with Crippen LogP contribution < -0.4 is 5.84 Å². The van der Waals surface area contributed by atoms with Gasteiger partial charge < -0.3 is 0 Å². The van der Waals surface area contributed by atoms with Crippen LogP contribution in [0.1, 0.15) is 11.3 Å². The third-order valence-corrected chi connectivity index (χ3v) is 2.90. The van der Waals surface area contributed by atoms with Crippen LogP contribution in [0.5, 0.6) is 0 Å². The summed E-state index contributed by atoms with van der Waals surface area (Å²) in [6.45, 7) is 0.993. The quantitative estimate of drug-likeness (QED) is 0.583. The van der Waals surface area contributed by atoms with E-state index in [1.807, 2.05) is 0 Å². The molecule has 7 heteroatoms. The molecule has 0 radical (unpaired) electrons. The Morgan fingerprint density at radius 1 is 1.54 bits per heavy atom. The molecule has 1 aromatic heterocycles. The Bertz CT molecular complexity index is 435. The molecule has 0 bridgehead atoms. The summed E-state index contributed by atoms with van der Waals surface area (Å²) in [5.74, 6) is 5.54. The van der Waals surface area contributed by atoms with Gasteiger partial charge in [0.1, 0.15) is 0 Å². The lowest BCUT2D eigenvalue weighted by molar-refractivity contribution is 0.291. The second-order valence-corrected chi connectivity index (χ2v) is 4.94. The van der Waals surface area contributed by atoms with Gasteiger partial charge in [-0.25, -0.2) is 13.4 Å². The molecule has 2 N–H and O–H groups in total. The maximum atomic E-state index is 11.2. The van der Waals surface area contributed by atoms with Crippen molar-refractivity contribution < 1.29 is 8.42 Å². The lowest BCUT2D eigenvalue weighted by Gasteiger charge is -2.06. The van der Waals surface area contributed by atoms with Gasteiger partial charge in [-0.15, -0.1) is 0 Å². The SMILES string of the molecule is CS(=O)(=O)n1ncc2c1CN(N)C2. The average molecular weight is 202 g/mol. The monoisotopic (exact) mass is 202 g/mol. The van der Waals surface area contributed by atoms with Crippen molar-refractivity contribution in [3.8, 4) is 0 Å². The first kappa shape index (κ1) is 8.67. The van der Waals surface area contributed by atoms with E-state index in [1.165, 1.54) is 0 Å². The van der Waals surface area contributed by atoms with Crippen LogP contribution in [0.25, 0.3) is 0 Å². The topological polar surface area (TPSA) is 81.2 Å². The summed E-state index contributed by atoms with van der Waals surface area (Å²) in [5.41, 5.74) is 1.55. The van der Waals surface area contributed by atoms with Crippen molar-refractivity contribution in [1.82, 2.24) is 14.2 Å². The Labute approximate surface area is 76.0 Å². The van der Waals surface area contributed by atoms with Crippen molar-refractivity contribution in [1.29, 1.82) is 0 Å². The van der Waals surface area contributed by atoms with E-state index in [9.17, 15) is 8.42 Å². The molecule has 0 unspecified atom stereocenters. The maximum Gasteiger partial charge on any atom is 0.251 e. The molecular formula is C6H10N4O2S. The van der Waals surface area contributed by atoms with Crippen molar-refractivity contribution in [3.63, 3.8) is 0 Å². The summed E-state index contributed by atoms with van der Waals surface area (Å²) in [6.07, 6.45) is 2.67. The molecule has 2 rings (SSSR count). The number of hydrogen-bond acceptors (Lipinski definition) is 5. The van der Waals surface area contributed by atoms with Crippen molar-refractivity contribution in [3.05, 3.63) is 17.5 Å². The van der Waals surface area contributed by atoms with E-state index in [4.69, 9.17) is 5.84 Å². The van der Waals surface area contributed by atoms with Crippen LogP contribution in [0, 0.1) is 0 Å². The molecule has 6 nitrogen and oxygen atoms in total. The predicted molar refractivity (Wildman–Crippen MR) is 45.9 cm³/mol. The Hall–Kier alpha value is -0.920. The first-order valence-corrected chi connectivity index (χ1v) is 5.59. The van der Waals surface area contributed by atoms with Crippen LogP contribution in [0.15, 0.2) is 6.20 Å². The molecule has 1 aromatic rings. The number of fused-ring (bicyclic) bond motifs is 1. The van der Waals surface area contributed by atoms with Gasteiger partial charge in [-0.05, 0) is 0 Å². The normalized spacial score (nSPS) is 17.7. The van der Waals surface area contributed by atoms with Gasteiger partial charge in [-0.2, -0.15) is 9.19 Å². The molecule has 0 aliphatic carbocycles. The van der Waals surface area contributed by atoms with Gasteiger partial charge in [0.2, 0.25) is 0 Å². The lowest BCUT2D eigenvalue weighted by Crippen LogP contribution is -2.26. The van der Waals surface area contributed by atoms with E-state index in [2.05, 4.69) is 5.10 Å².